The van der Waals surface area contributed by atoms with Crippen LogP contribution in [0.3, 0.4) is 0 Å². The molecule has 0 aromatic heterocycles. The van der Waals surface area contributed by atoms with Crippen molar-refractivity contribution in [1.29, 1.82) is 0 Å². The quantitative estimate of drug-likeness (QED) is 0.876. The Morgan fingerprint density at radius 3 is 2.17 bits per heavy atom. The summed E-state index contributed by atoms with van der Waals surface area (Å²) in [6.45, 7) is 2.71. The highest BCUT2D eigenvalue weighted by atomic mass is 19.1. The van der Waals surface area contributed by atoms with Crippen molar-refractivity contribution < 1.29 is 4.39 Å². The summed E-state index contributed by atoms with van der Waals surface area (Å²) in [5, 5.41) is 0. The molecular weight excluding hydrogens is 225 g/mol. The highest BCUT2D eigenvalue weighted by molar-refractivity contribution is 5.29. The van der Waals surface area contributed by atoms with Gasteiger partial charge in [-0.1, -0.05) is 49.4 Å². The molecule has 0 aliphatic carbocycles. The van der Waals surface area contributed by atoms with Crippen molar-refractivity contribution in [3.05, 3.63) is 71.5 Å². The minimum atomic E-state index is -0.201. The van der Waals surface area contributed by atoms with E-state index >= 15 is 0 Å². The molecule has 2 heteroatoms. The third-order valence-corrected chi connectivity index (χ3v) is 3.43. The zero-order chi connectivity index (χ0) is 13.0. The van der Waals surface area contributed by atoms with Crippen molar-refractivity contribution in [2.75, 3.05) is 6.54 Å². The van der Waals surface area contributed by atoms with Crippen molar-refractivity contribution >= 4 is 0 Å². The molecule has 0 amide bonds. The summed E-state index contributed by atoms with van der Waals surface area (Å²) in [5.74, 6) is -0.201. The van der Waals surface area contributed by atoms with Gasteiger partial charge in [-0.2, -0.15) is 0 Å². The Kier molecular flexibility index (Phi) is 3.78. The Hall–Kier alpha value is -1.67. The van der Waals surface area contributed by atoms with E-state index in [9.17, 15) is 4.39 Å². The van der Waals surface area contributed by atoms with Gasteiger partial charge in [-0.25, -0.2) is 4.39 Å². The van der Waals surface area contributed by atoms with Gasteiger partial charge in [0.1, 0.15) is 5.82 Å². The molecule has 0 aliphatic heterocycles. The third kappa shape index (κ3) is 2.77. The maximum absolute atomic E-state index is 12.9. The number of nitrogens with two attached hydrogens (primary N) is 1. The van der Waals surface area contributed by atoms with Gasteiger partial charge in [0, 0.05) is 12.0 Å². The molecule has 0 aliphatic rings. The van der Waals surface area contributed by atoms with Gasteiger partial charge in [-0.05, 0) is 29.7 Å². The minimum absolute atomic E-state index is 0.112. The monoisotopic (exact) mass is 243 g/mol. The lowest BCUT2D eigenvalue weighted by atomic mass is 9.77. The molecule has 0 bridgehead atoms. The Bertz CT molecular complexity index is 492. The van der Waals surface area contributed by atoms with E-state index in [0.29, 0.717) is 6.54 Å². The van der Waals surface area contributed by atoms with Crippen LogP contribution in [0.25, 0.3) is 0 Å². The lowest BCUT2D eigenvalue weighted by molar-refractivity contribution is 0.480. The second kappa shape index (κ2) is 5.32. The van der Waals surface area contributed by atoms with Crippen molar-refractivity contribution in [3.63, 3.8) is 0 Å². The van der Waals surface area contributed by atoms with Gasteiger partial charge >= 0.3 is 0 Å². The highest BCUT2D eigenvalue weighted by Crippen LogP contribution is 2.27. The fourth-order valence-corrected chi connectivity index (χ4v) is 2.19. The Morgan fingerprint density at radius 2 is 1.61 bits per heavy atom. The van der Waals surface area contributed by atoms with Crippen LogP contribution in [0.1, 0.15) is 18.1 Å². The molecule has 94 valence electrons. The van der Waals surface area contributed by atoms with Crippen molar-refractivity contribution in [2.24, 2.45) is 5.73 Å². The van der Waals surface area contributed by atoms with Gasteiger partial charge < -0.3 is 5.73 Å². The van der Waals surface area contributed by atoms with E-state index in [2.05, 4.69) is 19.1 Å². The normalized spacial score (nSPS) is 14.2. The average Bonchev–Trinajstić information content (AvgIpc) is 2.42. The molecule has 2 aromatic carbocycles. The topological polar surface area (TPSA) is 26.0 Å². The van der Waals surface area contributed by atoms with E-state index in [-0.39, 0.29) is 11.2 Å². The van der Waals surface area contributed by atoms with Crippen LogP contribution in [0.4, 0.5) is 4.39 Å². The van der Waals surface area contributed by atoms with Crippen LogP contribution in [0.5, 0.6) is 0 Å². The molecular formula is C16H18FN. The van der Waals surface area contributed by atoms with Crippen molar-refractivity contribution in [2.45, 2.75) is 18.8 Å². The first-order chi connectivity index (χ1) is 8.64. The molecule has 0 fully saturated rings. The molecule has 1 nitrogen and oxygen atoms in total. The van der Waals surface area contributed by atoms with E-state index in [1.165, 1.54) is 17.7 Å². The molecule has 18 heavy (non-hydrogen) atoms. The zero-order valence-corrected chi connectivity index (χ0v) is 10.6. The number of hydrogen-bond acceptors (Lipinski definition) is 1. The molecule has 1 unspecified atom stereocenters. The second-order valence-electron chi connectivity index (χ2n) is 4.93. The van der Waals surface area contributed by atoms with Gasteiger partial charge in [-0.15, -0.1) is 0 Å². The van der Waals surface area contributed by atoms with E-state index in [1.807, 2.05) is 30.3 Å². The fraction of sp³-hybridized carbons (Fsp3) is 0.250. The van der Waals surface area contributed by atoms with Crippen LogP contribution in [0.2, 0.25) is 0 Å². The van der Waals surface area contributed by atoms with E-state index in [1.54, 1.807) is 0 Å². The number of halogens is 1. The molecule has 0 heterocycles. The van der Waals surface area contributed by atoms with Crippen molar-refractivity contribution in [3.8, 4) is 0 Å². The maximum Gasteiger partial charge on any atom is 0.123 e. The van der Waals surface area contributed by atoms with E-state index in [0.717, 1.165) is 12.0 Å². The van der Waals surface area contributed by atoms with Gasteiger partial charge in [-0.3, -0.25) is 0 Å². The van der Waals surface area contributed by atoms with Crippen LogP contribution in [0.15, 0.2) is 54.6 Å². The van der Waals surface area contributed by atoms with E-state index < -0.39 is 0 Å². The lowest BCUT2D eigenvalue weighted by Gasteiger charge is -2.29. The van der Waals surface area contributed by atoms with Crippen molar-refractivity contribution in [1.82, 2.24) is 0 Å². The lowest BCUT2D eigenvalue weighted by Crippen LogP contribution is -2.34. The van der Waals surface area contributed by atoms with E-state index in [4.69, 9.17) is 5.73 Å². The largest absolute Gasteiger partial charge is 0.330 e. The minimum Gasteiger partial charge on any atom is -0.330 e. The smallest absolute Gasteiger partial charge is 0.123 e. The molecule has 0 saturated heterocycles. The molecule has 1 atom stereocenters. The van der Waals surface area contributed by atoms with Crippen LogP contribution in [-0.4, -0.2) is 6.54 Å². The van der Waals surface area contributed by atoms with Crippen LogP contribution >= 0.6 is 0 Å². The molecule has 0 saturated carbocycles. The van der Waals surface area contributed by atoms with Gasteiger partial charge in [0.05, 0.1) is 0 Å². The van der Waals surface area contributed by atoms with Crippen LogP contribution < -0.4 is 5.73 Å². The predicted octanol–water partition coefficient (Wildman–Crippen LogP) is 3.28. The molecule has 2 rings (SSSR count). The summed E-state index contributed by atoms with van der Waals surface area (Å²) < 4.78 is 12.9. The van der Waals surface area contributed by atoms with Gasteiger partial charge in [0.15, 0.2) is 0 Å². The number of hydrogen-bond donors (Lipinski definition) is 1. The van der Waals surface area contributed by atoms with Gasteiger partial charge in [0.2, 0.25) is 0 Å². The fourth-order valence-electron chi connectivity index (χ4n) is 2.19. The predicted molar refractivity (Wildman–Crippen MR) is 73.0 cm³/mol. The highest BCUT2D eigenvalue weighted by Gasteiger charge is 2.25. The summed E-state index contributed by atoms with van der Waals surface area (Å²) in [4.78, 5) is 0. The molecule has 2 N–H and O–H groups in total. The average molecular weight is 243 g/mol. The Labute approximate surface area is 107 Å². The Balaban J connectivity index is 2.26. The third-order valence-electron chi connectivity index (χ3n) is 3.43. The van der Waals surface area contributed by atoms with Crippen LogP contribution in [-0.2, 0) is 11.8 Å². The summed E-state index contributed by atoms with van der Waals surface area (Å²) in [7, 11) is 0. The summed E-state index contributed by atoms with van der Waals surface area (Å²) in [6, 6.07) is 16.9. The SMILES string of the molecule is CC(CN)(Cc1ccc(F)cc1)c1ccccc1. The number of benzene rings is 2. The first kappa shape index (κ1) is 12.8. The molecule has 0 radical (unpaired) electrons. The molecule has 2 aromatic rings. The maximum atomic E-state index is 12.9. The number of rotatable bonds is 4. The standard InChI is InChI=1S/C16H18FN/c1-16(12-18,14-5-3-2-4-6-14)11-13-7-9-15(17)10-8-13/h2-10H,11-12,18H2,1H3. The summed E-state index contributed by atoms with van der Waals surface area (Å²) >= 11 is 0. The first-order valence-corrected chi connectivity index (χ1v) is 6.14. The summed E-state index contributed by atoms with van der Waals surface area (Å²) in [5.41, 5.74) is 8.15. The summed E-state index contributed by atoms with van der Waals surface area (Å²) in [6.07, 6.45) is 0.813. The molecule has 0 spiro atoms. The second-order valence-corrected chi connectivity index (χ2v) is 4.93. The zero-order valence-electron chi connectivity index (χ0n) is 10.6. The first-order valence-electron chi connectivity index (χ1n) is 6.14. The van der Waals surface area contributed by atoms with Gasteiger partial charge in [0.25, 0.3) is 0 Å². The Morgan fingerprint density at radius 1 is 1.00 bits per heavy atom. The van der Waals surface area contributed by atoms with Crippen LogP contribution in [0, 0.1) is 5.82 Å².